The number of nitrogens with zero attached hydrogens (tertiary/aromatic N) is 3. The molecule has 0 spiro atoms. The van der Waals surface area contributed by atoms with Crippen molar-refractivity contribution in [1.82, 2.24) is 9.97 Å². The number of benzene rings is 1. The Kier molecular flexibility index (Phi) is 3.57. The smallest absolute Gasteiger partial charge is 0.220 e. The highest BCUT2D eigenvalue weighted by Gasteiger charge is 2.27. The van der Waals surface area contributed by atoms with Gasteiger partial charge in [0, 0.05) is 29.0 Å². The molecule has 1 aliphatic heterocycles. The van der Waals surface area contributed by atoms with Crippen LogP contribution in [0.1, 0.15) is 11.3 Å². The van der Waals surface area contributed by atoms with E-state index in [9.17, 15) is 0 Å². The van der Waals surface area contributed by atoms with Crippen molar-refractivity contribution in [2.75, 3.05) is 5.75 Å². The van der Waals surface area contributed by atoms with Crippen molar-refractivity contribution in [2.45, 2.75) is 19.4 Å². The molecule has 1 aromatic carbocycles. The van der Waals surface area contributed by atoms with Gasteiger partial charge in [0.2, 0.25) is 5.88 Å². The fourth-order valence-corrected chi connectivity index (χ4v) is 2.72. The number of ether oxygens (including phenoxy) is 1. The van der Waals surface area contributed by atoms with Gasteiger partial charge in [0.05, 0.1) is 0 Å². The maximum Gasteiger partial charge on any atom is 0.220 e. The van der Waals surface area contributed by atoms with Gasteiger partial charge in [-0.1, -0.05) is 30.3 Å². The Balaban J connectivity index is 1.90. The normalized spacial score (nSPS) is 16.3. The molecule has 2 aromatic rings. The largest absolute Gasteiger partial charge is 0.473 e. The molecule has 1 aliphatic rings. The number of aromatic nitrogens is 2. The third-order valence-electron chi connectivity index (χ3n) is 3.25. The summed E-state index contributed by atoms with van der Waals surface area (Å²) in [5.41, 5.74) is 3.00. The van der Waals surface area contributed by atoms with Crippen LogP contribution in [0.2, 0.25) is 0 Å². The zero-order chi connectivity index (χ0) is 13.9. The molecule has 1 atom stereocenters. The van der Waals surface area contributed by atoms with Crippen LogP contribution in [-0.2, 0) is 6.42 Å². The molecule has 0 fully saturated rings. The van der Waals surface area contributed by atoms with Gasteiger partial charge in [-0.15, -0.1) is 0 Å². The summed E-state index contributed by atoms with van der Waals surface area (Å²) in [6.45, 7) is 1.98. The zero-order valence-corrected chi connectivity index (χ0v) is 11.9. The lowest BCUT2D eigenvalue weighted by Gasteiger charge is -2.07. The Morgan fingerprint density at radius 2 is 2.15 bits per heavy atom. The average molecular weight is 283 g/mol. The molecule has 100 valence electrons. The fraction of sp³-hybridized carbons (Fsp3) is 0.267. The summed E-state index contributed by atoms with van der Waals surface area (Å²) in [7, 11) is 0. The Morgan fingerprint density at radius 3 is 2.90 bits per heavy atom. The van der Waals surface area contributed by atoms with Crippen molar-refractivity contribution in [3.8, 4) is 22.7 Å². The van der Waals surface area contributed by atoms with Gasteiger partial charge in [0.15, 0.2) is 5.82 Å². The van der Waals surface area contributed by atoms with Crippen LogP contribution in [0.15, 0.2) is 30.3 Å². The molecule has 0 N–H and O–H groups in total. The molecular formula is C15H13N3OS. The number of rotatable bonds is 3. The van der Waals surface area contributed by atoms with E-state index in [-0.39, 0.29) is 6.10 Å². The molecular weight excluding hydrogens is 270 g/mol. The maximum absolute atomic E-state index is 8.62. The van der Waals surface area contributed by atoms with Gasteiger partial charge in [-0.2, -0.15) is 10.2 Å². The molecule has 3 rings (SSSR count). The number of nitriles is 1. The standard InChI is InChI=1S/C15H13N3OS/c1-10-13-7-12(8-20-9-16)19-15(13)18-14(17-10)11-5-3-2-4-6-11/h2-6,12H,7-8H2,1H3. The van der Waals surface area contributed by atoms with Crippen LogP contribution < -0.4 is 4.74 Å². The molecule has 0 aliphatic carbocycles. The summed E-state index contributed by atoms with van der Waals surface area (Å²) < 4.78 is 5.83. The first-order valence-electron chi connectivity index (χ1n) is 6.38. The van der Waals surface area contributed by atoms with Gasteiger partial charge < -0.3 is 4.74 Å². The Hall–Kier alpha value is -2.06. The monoisotopic (exact) mass is 283 g/mol. The van der Waals surface area contributed by atoms with Gasteiger partial charge in [0.1, 0.15) is 11.5 Å². The number of thiocyanates is 1. The molecule has 0 amide bonds. The molecule has 0 bridgehead atoms. The first kappa shape index (κ1) is 12.9. The molecule has 5 heteroatoms. The van der Waals surface area contributed by atoms with Crippen LogP contribution in [0.3, 0.4) is 0 Å². The third-order valence-corrected chi connectivity index (χ3v) is 3.92. The van der Waals surface area contributed by atoms with Gasteiger partial charge >= 0.3 is 0 Å². The van der Waals surface area contributed by atoms with Crippen LogP contribution in [0, 0.1) is 17.6 Å². The zero-order valence-electron chi connectivity index (χ0n) is 11.0. The van der Waals surface area contributed by atoms with Crippen molar-refractivity contribution in [1.29, 1.82) is 5.26 Å². The van der Waals surface area contributed by atoms with E-state index in [1.165, 1.54) is 11.8 Å². The van der Waals surface area contributed by atoms with Gasteiger partial charge in [-0.3, -0.25) is 0 Å². The van der Waals surface area contributed by atoms with Crippen molar-refractivity contribution >= 4 is 11.8 Å². The van der Waals surface area contributed by atoms with E-state index in [0.29, 0.717) is 17.5 Å². The lowest BCUT2D eigenvalue weighted by atomic mass is 10.1. The van der Waals surface area contributed by atoms with Crippen molar-refractivity contribution in [3.05, 3.63) is 41.6 Å². The van der Waals surface area contributed by atoms with E-state index in [4.69, 9.17) is 10.00 Å². The summed E-state index contributed by atoms with van der Waals surface area (Å²) in [4.78, 5) is 9.08. The van der Waals surface area contributed by atoms with Crippen molar-refractivity contribution in [2.24, 2.45) is 0 Å². The van der Waals surface area contributed by atoms with E-state index in [1.807, 2.05) is 37.3 Å². The molecule has 2 heterocycles. The van der Waals surface area contributed by atoms with Crippen LogP contribution in [0.5, 0.6) is 5.88 Å². The number of hydrogen-bond acceptors (Lipinski definition) is 5. The molecule has 0 radical (unpaired) electrons. The van der Waals surface area contributed by atoms with Crippen LogP contribution >= 0.6 is 11.8 Å². The minimum absolute atomic E-state index is 0.0219. The molecule has 1 unspecified atom stereocenters. The van der Waals surface area contributed by atoms with E-state index >= 15 is 0 Å². The van der Waals surface area contributed by atoms with E-state index in [2.05, 4.69) is 15.4 Å². The third kappa shape index (κ3) is 2.47. The summed E-state index contributed by atoms with van der Waals surface area (Å²) >= 11 is 1.21. The van der Waals surface area contributed by atoms with Crippen molar-refractivity contribution < 1.29 is 4.74 Å². The lowest BCUT2D eigenvalue weighted by Crippen LogP contribution is -2.15. The van der Waals surface area contributed by atoms with E-state index < -0.39 is 0 Å². The SMILES string of the molecule is Cc1nc(-c2ccccc2)nc2c1CC(CSC#N)O2. The number of hydrogen-bond donors (Lipinski definition) is 0. The summed E-state index contributed by atoms with van der Waals surface area (Å²) in [5.74, 6) is 2.02. The number of thioether (sulfide) groups is 1. The minimum Gasteiger partial charge on any atom is -0.473 e. The average Bonchev–Trinajstić information content (AvgIpc) is 2.89. The van der Waals surface area contributed by atoms with Crippen LogP contribution in [0.25, 0.3) is 11.4 Å². The Bertz CT molecular complexity index is 667. The summed E-state index contributed by atoms with van der Waals surface area (Å²) in [5, 5.41) is 10.7. The minimum atomic E-state index is 0.0219. The van der Waals surface area contributed by atoms with Gasteiger partial charge in [-0.25, -0.2) is 4.98 Å². The van der Waals surface area contributed by atoms with Crippen molar-refractivity contribution in [3.63, 3.8) is 0 Å². The second-order valence-corrected chi connectivity index (χ2v) is 5.43. The topological polar surface area (TPSA) is 58.8 Å². The highest BCUT2D eigenvalue weighted by Crippen LogP contribution is 2.32. The molecule has 20 heavy (non-hydrogen) atoms. The highest BCUT2D eigenvalue weighted by atomic mass is 32.2. The Labute approximate surface area is 121 Å². The first-order valence-corrected chi connectivity index (χ1v) is 7.37. The van der Waals surface area contributed by atoms with E-state index in [0.717, 1.165) is 23.2 Å². The number of aryl methyl sites for hydroxylation is 1. The Morgan fingerprint density at radius 1 is 1.35 bits per heavy atom. The first-order chi connectivity index (χ1) is 9.78. The second kappa shape index (κ2) is 5.51. The molecule has 1 aromatic heterocycles. The van der Waals surface area contributed by atoms with Crippen LogP contribution in [0.4, 0.5) is 0 Å². The van der Waals surface area contributed by atoms with E-state index in [1.54, 1.807) is 0 Å². The highest BCUT2D eigenvalue weighted by molar-refractivity contribution is 8.03. The molecule has 4 nitrogen and oxygen atoms in total. The summed E-state index contributed by atoms with van der Waals surface area (Å²) in [6, 6.07) is 9.87. The lowest BCUT2D eigenvalue weighted by molar-refractivity contribution is 0.251. The predicted octanol–water partition coefficient (Wildman–Crippen LogP) is 2.97. The fourth-order valence-electron chi connectivity index (χ4n) is 2.27. The number of fused-ring (bicyclic) bond motifs is 1. The molecule has 0 saturated carbocycles. The second-order valence-electron chi connectivity index (χ2n) is 4.63. The van der Waals surface area contributed by atoms with Gasteiger partial charge in [0.25, 0.3) is 0 Å². The maximum atomic E-state index is 8.62. The predicted molar refractivity (Wildman–Crippen MR) is 78.4 cm³/mol. The van der Waals surface area contributed by atoms with Gasteiger partial charge in [-0.05, 0) is 18.7 Å². The molecule has 0 saturated heterocycles. The summed E-state index contributed by atoms with van der Waals surface area (Å²) in [6.07, 6.45) is 0.805. The van der Waals surface area contributed by atoms with Crippen LogP contribution in [-0.4, -0.2) is 21.8 Å². The quantitative estimate of drug-likeness (QED) is 0.810.